The Balaban J connectivity index is 2.01. The second kappa shape index (κ2) is 7.27. The van der Waals surface area contributed by atoms with Crippen LogP contribution in [0.4, 0.5) is 5.69 Å². The van der Waals surface area contributed by atoms with E-state index in [1.165, 1.54) is 5.56 Å². The average molecular weight is 348 g/mol. The predicted molar refractivity (Wildman–Crippen MR) is 88.9 cm³/mol. The van der Waals surface area contributed by atoms with Gasteiger partial charge in [-0.25, -0.2) is 4.79 Å². The van der Waals surface area contributed by atoms with Crippen molar-refractivity contribution in [2.45, 2.75) is 25.8 Å². The Morgan fingerprint density at radius 2 is 1.90 bits per heavy atom. The van der Waals surface area contributed by atoms with Gasteiger partial charge in [-0.3, -0.25) is 0 Å². The number of rotatable bonds is 6. The molecule has 0 fully saturated rings. The third kappa shape index (κ3) is 4.33. The molecule has 3 nitrogen and oxygen atoms in total. The van der Waals surface area contributed by atoms with Crippen LogP contribution in [-0.4, -0.2) is 17.1 Å². The summed E-state index contributed by atoms with van der Waals surface area (Å²) in [6.45, 7) is 2.06. The van der Waals surface area contributed by atoms with Gasteiger partial charge in [-0.1, -0.05) is 36.4 Å². The molecule has 0 aliphatic rings. The highest BCUT2D eigenvalue weighted by molar-refractivity contribution is 9.10. The van der Waals surface area contributed by atoms with Crippen molar-refractivity contribution in [2.75, 3.05) is 5.32 Å². The lowest BCUT2D eigenvalue weighted by molar-refractivity contribution is 0.0697. The van der Waals surface area contributed by atoms with E-state index in [4.69, 9.17) is 0 Å². The molecule has 110 valence electrons. The van der Waals surface area contributed by atoms with Gasteiger partial charge in [-0.2, -0.15) is 0 Å². The first-order valence-corrected chi connectivity index (χ1v) is 7.69. The molecule has 0 aliphatic carbocycles. The van der Waals surface area contributed by atoms with Crippen LogP contribution < -0.4 is 5.32 Å². The Bertz CT molecular complexity index is 613. The Kier molecular flexibility index (Phi) is 5.39. The number of halogens is 1. The first kappa shape index (κ1) is 15.6. The normalized spacial score (nSPS) is 11.9. The number of hydrogen-bond donors (Lipinski definition) is 2. The minimum absolute atomic E-state index is 0.192. The maximum atomic E-state index is 11.3. The van der Waals surface area contributed by atoms with Crippen LogP contribution in [-0.2, 0) is 6.42 Å². The van der Waals surface area contributed by atoms with Crippen LogP contribution in [0.3, 0.4) is 0 Å². The molecule has 2 N–H and O–H groups in total. The average Bonchev–Trinajstić information content (AvgIpc) is 2.46. The number of carboxylic acid groups (broad SMARTS) is 1. The first-order chi connectivity index (χ1) is 10.1. The fraction of sp³-hybridized carbons (Fsp3) is 0.235. The van der Waals surface area contributed by atoms with Gasteiger partial charge in [0.15, 0.2) is 0 Å². The van der Waals surface area contributed by atoms with E-state index in [9.17, 15) is 9.90 Å². The molecule has 0 spiro atoms. The van der Waals surface area contributed by atoms with Gasteiger partial charge in [0, 0.05) is 10.5 Å². The van der Waals surface area contributed by atoms with Crippen LogP contribution >= 0.6 is 15.9 Å². The van der Waals surface area contributed by atoms with Gasteiger partial charge in [-0.15, -0.1) is 0 Å². The lowest BCUT2D eigenvalue weighted by Crippen LogP contribution is -2.18. The smallest absolute Gasteiger partial charge is 0.338 e. The molecule has 0 saturated heterocycles. The molecule has 0 bridgehead atoms. The highest BCUT2D eigenvalue weighted by Gasteiger charge is 2.15. The van der Waals surface area contributed by atoms with E-state index < -0.39 is 5.97 Å². The number of hydrogen-bond acceptors (Lipinski definition) is 2. The molecule has 0 radical (unpaired) electrons. The molecular weight excluding hydrogens is 330 g/mol. The van der Waals surface area contributed by atoms with E-state index in [1.807, 2.05) is 24.3 Å². The fourth-order valence-electron chi connectivity index (χ4n) is 2.23. The van der Waals surface area contributed by atoms with Crippen molar-refractivity contribution < 1.29 is 9.90 Å². The number of benzene rings is 2. The standard InChI is InChI=1S/C17H18BrNO2/c1-12(10-11-13-6-3-2-4-7-13)19-15-9-5-8-14(18)16(15)17(20)21/h2-9,12,19H,10-11H2,1H3,(H,20,21). The third-order valence-corrected chi connectivity index (χ3v) is 4.00. The molecule has 0 heterocycles. The van der Waals surface area contributed by atoms with Crippen LogP contribution in [0.5, 0.6) is 0 Å². The number of nitrogens with one attached hydrogen (secondary N) is 1. The number of aryl methyl sites for hydroxylation is 1. The summed E-state index contributed by atoms with van der Waals surface area (Å²) in [6.07, 6.45) is 1.90. The molecule has 2 rings (SSSR count). The van der Waals surface area contributed by atoms with Gasteiger partial charge < -0.3 is 10.4 Å². The van der Waals surface area contributed by atoms with Crippen molar-refractivity contribution in [3.8, 4) is 0 Å². The molecule has 0 aliphatic heterocycles. The van der Waals surface area contributed by atoms with Gasteiger partial charge in [-0.05, 0) is 53.4 Å². The molecule has 4 heteroatoms. The van der Waals surface area contributed by atoms with E-state index in [0.717, 1.165) is 12.8 Å². The number of carboxylic acids is 1. The zero-order chi connectivity index (χ0) is 15.2. The molecule has 2 aromatic rings. The molecule has 1 atom stereocenters. The second-order valence-electron chi connectivity index (χ2n) is 5.04. The summed E-state index contributed by atoms with van der Waals surface area (Å²) in [5.74, 6) is -0.930. The summed E-state index contributed by atoms with van der Waals surface area (Å²) in [7, 11) is 0. The topological polar surface area (TPSA) is 49.3 Å². The monoisotopic (exact) mass is 347 g/mol. The molecule has 0 saturated carbocycles. The van der Waals surface area contributed by atoms with Crippen molar-refractivity contribution in [3.63, 3.8) is 0 Å². The van der Waals surface area contributed by atoms with Crippen molar-refractivity contribution in [3.05, 3.63) is 64.1 Å². The highest BCUT2D eigenvalue weighted by atomic mass is 79.9. The second-order valence-corrected chi connectivity index (χ2v) is 5.89. The molecule has 1 unspecified atom stereocenters. The molecule has 2 aromatic carbocycles. The Hall–Kier alpha value is -1.81. The van der Waals surface area contributed by atoms with Gasteiger partial charge in [0.05, 0.1) is 11.3 Å². The largest absolute Gasteiger partial charge is 0.478 e. The summed E-state index contributed by atoms with van der Waals surface area (Å²) in [5.41, 5.74) is 2.22. The van der Waals surface area contributed by atoms with Gasteiger partial charge >= 0.3 is 5.97 Å². The van der Waals surface area contributed by atoms with E-state index in [1.54, 1.807) is 12.1 Å². The van der Waals surface area contributed by atoms with E-state index in [-0.39, 0.29) is 11.6 Å². The van der Waals surface area contributed by atoms with Gasteiger partial charge in [0.2, 0.25) is 0 Å². The Morgan fingerprint density at radius 3 is 2.57 bits per heavy atom. The minimum Gasteiger partial charge on any atom is -0.478 e. The maximum Gasteiger partial charge on any atom is 0.338 e. The minimum atomic E-state index is -0.930. The van der Waals surface area contributed by atoms with E-state index in [2.05, 4.69) is 40.3 Å². The lowest BCUT2D eigenvalue weighted by Gasteiger charge is -2.17. The number of carbonyl (C=O) groups is 1. The summed E-state index contributed by atoms with van der Waals surface area (Å²) >= 11 is 3.29. The SMILES string of the molecule is CC(CCc1ccccc1)Nc1cccc(Br)c1C(=O)O. The summed E-state index contributed by atoms with van der Waals surface area (Å²) in [5, 5.41) is 12.6. The Morgan fingerprint density at radius 1 is 1.19 bits per heavy atom. The molecule has 0 amide bonds. The number of anilines is 1. The Labute approximate surface area is 133 Å². The molecule has 21 heavy (non-hydrogen) atoms. The first-order valence-electron chi connectivity index (χ1n) is 6.90. The summed E-state index contributed by atoms with van der Waals surface area (Å²) < 4.78 is 0.593. The quantitative estimate of drug-likeness (QED) is 0.803. The van der Waals surface area contributed by atoms with Crippen LogP contribution in [0.1, 0.15) is 29.3 Å². The van der Waals surface area contributed by atoms with Crippen molar-refractivity contribution in [2.24, 2.45) is 0 Å². The van der Waals surface area contributed by atoms with Crippen LogP contribution in [0.25, 0.3) is 0 Å². The van der Waals surface area contributed by atoms with Crippen molar-refractivity contribution in [1.82, 2.24) is 0 Å². The van der Waals surface area contributed by atoms with E-state index >= 15 is 0 Å². The van der Waals surface area contributed by atoms with Crippen LogP contribution in [0.2, 0.25) is 0 Å². The summed E-state index contributed by atoms with van der Waals surface area (Å²) in [4.78, 5) is 11.3. The van der Waals surface area contributed by atoms with Crippen LogP contribution in [0, 0.1) is 0 Å². The fourth-order valence-corrected chi connectivity index (χ4v) is 2.76. The maximum absolute atomic E-state index is 11.3. The zero-order valence-corrected chi connectivity index (χ0v) is 13.4. The van der Waals surface area contributed by atoms with Crippen LogP contribution in [0.15, 0.2) is 53.0 Å². The van der Waals surface area contributed by atoms with Gasteiger partial charge in [0.25, 0.3) is 0 Å². The predicted octanol–water partition coefficient (Wildman–Crippen LogP) is 4.58. The van der Waals surface area contributed by atoms with Crippen molar-refractivity contribution >= 4 is 27.6 Å². The lowest BCUT2D eigenvalue weighted by atomic mass is 10.1. The molecule has 0 aromatic heterocycles. The molecular formula is C17H18BrNO2. The highest BCUT2D eigenvalue weighted by Crippen LogP contribution is 2.25. The third-order valence-electron chi connectivity index (χ3n) is 3.34. The number of aromatic carboxylic acids is 1. The zero-order valence-electron chi connectivity index (χ0n) is 11.8. The van der Waals surface area contributed by atoms with Crippen molar-refractivity contribution in [1.29, 1.82) is 0 Å². The summed E-state index contributed by atoms with van der Waals surface area (Å²) in [6, 6.07) is 15.8. The van der Waals surface area contributed by atoms with Gasteiger partial charge in [0.1, 0.15) is 0 Å². The van der Waals surface area contributed by atoms with E-state index in [0.29, 0.717) is 10.2 Å².